The van der Waals surface area contributed by atoms with Crippen molar-refractivity contribution in [1.29, 1.82) is 0 Å². The Morgan fingerprint density at radius 3 is 2.61 bits per heavy atom. The molecular weight excluding hydrogens is 406 g/mol. The van der Waals surface area contributed by atoms with E-state index in [9.17, 15) is 4.79 Å². The third-order valence-electron chi connectivity index (χ3n) is 5.27. The molecule has 2 N–H and O–H groups in total. The molecule has 2 aromatic heterocycles. The molecule has 0 amide bonds. The summed E-state index contributed by atoms with van der Waals surface area (Å²) in [6.07, 6.45) is 2.62. The summed E-state index contributed by atoms with van der Waals surface area (Å²) < 4.78 is 5.53. The van der Waals surface area contributed by atoms with Crippen LogP contribution in [0.25, 0.3) is 10.9 Å². The smallest absolute Gasteiger partial charge is 0.253 e. The van der Waals surface area contributed by atoms with E-state index in [2.05, 4.69) is 35.4 Å². The summed E-state index contributed by atoms with van der Waals surface area (Å²) >= 11 is 5.71. The van der Waals surface area contributed by atoms with Crippen molar-refractivity contribution < 1.29 is 4.42 Å². The zero-order valence-electron chi connectivity index (χ0n) is 17.6. The van der Waals surface area contributed by atoms with Crippen LogP contribution in [0.15, 0.2) is 76.1 Å². The SMILES string of the molecule is CCc1ccc(NC(=S)N(Cc2ccco2)Cc2cc3cc(C)ccc3[nH]c2=O)cc1. The zero-order chi connectivity index (χ0) is 21.8. The number of pyridine rings is 1. The Labute approximate surface area is 186 Å². The largest absolute Gasteiger partial charge is 0.467 e. The Bertz CT molecular complexity index is 1240. The fourth-order valence-electron chi connectivity index (χ4n) is 3.51. The second-order valence-corrected chi connectivity index (χ2v) is 8.02. The molecule has 5 nitrogen and oxygen atoms in total. The van der Waals surface area contributed by atoms with Crippen molar-refractivity contribution >= 4 is 33.9 Å². The van der Waals surface area contributed by atoms with Gasteiger partial charge >= 0.3 is 0 Å². The topological polar surface area (TPSA) is 61.3 Å². The number of H-pyrrole nitrogens is 1. The molecule has 0 fully saturated rings. The van der Waals surface area contributed by atoms with Gasteiger partial charge < -0.3 is 19.6 Å². The van der Waals surface area contributed by atoms with Crippen molar-refractivity contribution in [2.24, 2.45) is 0 Å². The molecule has 0 aliphatic rings. The van der Waals surface area contributed by atoms with E-state index >= 15 is 0 Å². The van der Waals surface area contributed by atoms with Gasteiger partial charge in [0, 0.05) is 16.8 Å². The van der Waals surface area contributed by atoms with Gasteiger partial charge in [-0.05, 0) is 79.0 Å². The second kappa shape index (κ2) is 9.18. The molecule has 0 atom stereocenters. The van der Waals surface area contributed by atoms with Gasteiger partial charge in [-0.2, -0.15) is 0 Å². The summed E-state index contributed by atoms with van der Waals surface area (Å²) in [7, 11) is 0. The van der Waals surface area contributed by atoms with Crippen molar-refractivity contribution in [3.63, 3.8) is 0 Å². The Kier molecular flexibility index (Phi) is 6.18. The number of aryl methyl sites for hydroxylation is 2. The predicted molar refractivity (Wildman–Crippen MR) is 129 cm³/mol. The van der Waals surface area contributed by atoms with Gasteiger partial charge in [-0.25, -0.2) is 0 Å². The first-order valence-corrected chi connectivity index (χ1v) is 10.7. The van der Waals surface area contributed by atoms with Crippen LogP contribution in [0.3, 0.4) is 0 Å². The van der Waals surface area contributed by atoms with Crippen molar-refractivity contribution in [1.82, 2.24) is 9.88 Å². The number of hydrogen-bond acceptors (Lipinski definition) is 3. The van der Waals surface area contributed by atoms with Crippen LogP contribution in [0, 0.1) is 6.92 Å². The maximum absolute atomic E-state index is 12.7. The minimum Gasteiger partial charge on any atom is -0.467 e. The third-order valence-corrected chi connectivity index (χ3v) is 5.63. The molecule has 158 valence electrons. The summed E-state index contributed by atoms with van der Waals surface area (Å²) in [6, 6.07) is 19.9. The number of anilines is 1. The zero-order valence-corrected chi connectivity index (χ0v) is 18.5. The molecule has 0 spiro atoms. The number of aromatic amines is 1. The Morgan fingerprint density at radius 1 is 1.10 bits per heavy atom. The monoisotopic (exact) mass is 431 g/mol. The summed E-state index contributed by atoms with van der Waals surface area (Å²) in [5.41, 5.74) is 4.68. The Morgan fingerprint density at radius 2 is 1.90 bits per heavy atom. The number of rotatable bonds is 6. The van der Waals surface area contributed by atoms with E-state index in [4.69, 9.17) is 16.6 Å². The average molecular weight is 432 g/mol. The molecule has 2 aromatic carbocycles. The van der Waals surface area contributed by atoms with E-state index in [1.807, 2.05) is 54.3 Å². The molecule has 0 unspecified atom stereocenters. The van der Waals surface area contributed by atoms with Crippen LogP contribution in [0.5, 0.6) is 0 Å². The van der Waals surface area contributed by atoms with Crippen LogP contribution >= 0.6 is 12.2 Å². The molecule has 31 heavy (non-hydrogen) atoms. The van der Waals surface area contributed by atoms with E-state index < -0.39 is 0 Å². The van der Waals surface area contributed by atoms with Crippen LogP contribution in [0.2, 0.25) is 0 Å². The molecule has 0 aliphatic heterocycles. The van der Waals surface area contributed by atoms with E-state index in [1.54, 1.807) is 6.26 Å². The molecule has 6 heteroatoms. The average Bonchev–Trinajstić information content (AvgIpc) is 3.27. The van der Waals surface area contributed by atoms with Crippen molar-refractivity contribution in [2.45, 2.75) is 33.4 Å². The van der Waals surface area contributed by atoms with E-state index in [0.29, 0.717) is 23.8 Å². The highest BCUT2D eigenvalue weighted by Crippen LogP contribution is 2.17. The summed E-state index contributed by atoms with van der Waals surface area (Å²) in [4.78, 5) is 17.7. The van der Waals surface area contributed by atoms with Gasteiger partial charge in [0.1, 0.15) is 5.76 Å². The highest BCUT2D eigenvalue weighted by Gasteiger charge is 2.16. The first-order chi connectivity index (χ1) is 15.0. The number of nitrogens with one attached hydrogen (secondary N) is 2. The van der Waals surface area contributed by atoms with Gasteiger partial charge in [0.15, 0.2) is 5.11 Å². The highest BCUT2D eigenvalue weighted by atomic mass is 32.1. The predicted octanol–water partition coefficient (Wildman–Crippen LogP) is 5.39. The molecule has 4 rings (SSSR count). The van der Waals surface area contributed by atoms with Gasteiger partial charge in [0.05, 0.1) is 19.4 Å². The fourth-order valence-corrected chi connectivity index (χ4v) is 3.76. The van der Waals surface area contributed by atoms with Gasteiger partial charge in [0.25, 0.3) is 5.56 Å². The van der Waals surface area contributed by atoms with Gasteiger partial charge in [-0.3, -0.25) is 4.79 Å². The van der Waals surface area contributed by atoms with Gasteiger partial charge in [-0.1, -0.05) is 30.7 Å². The number of benzene rings is 2. The number of hydrogen-bond donors (Lipinski definition) is 2. The van der Waals surface area contributed by atoms with Crippen LogP contribution < -0.4 is 10.9 Å². The number of nitrogens with zero attached hydrogens (tertiary/aromatic N) is 1. The molecule has 4 aromatic rings. The molecule has 0 aliphatic carbocycles. The molecule has 2 heterocycles. The maximum Gasteiger partial charge on any atom is 0.253 e. The van der Waals surface area contributed by atoms with Crippen LogP contribution in [0.4, 0.5) is 5.69 Å². The summed E-state index contributed by atoms with van der Waals surface area (Å²) in [5.74, 6) is 0.776. The lowest BCUT2D eigenvalue weighted by Crippen LogP contribution is -2.35. The number of fused-ring (bicyclic) bond motifs is 1. The van der Waals surface area contributed by atoms with Crippen molar-refractivity contribution in [3.05, 3.63) is 99.7 Å². The first-order valence-electron chi connectivity index (χ1n) is 10.3. The molecule has 0 radical (unpaired) electrons. The second-order valence-electron chi connectivity index (χ2n) is 7.63. The van der Waals surface area contributed by atoms with Crippen LogP contribution in [0.1, 0.15) is 29.4 Å². The molecule has 0 saturated heterocycles. The molecule has 0 saturated carbocycles. The third kappa shape index (κ3) is 5.03. The molecular formula is C25H25N3O2S. The van der Waals surface area contributed by atoms with Crippen molar-refractivity contribution in [2.75, 3.05) is 5.32 Å². The van der Waals surface area contributed by atoms with Crippen molar-refractivity contribution in [3.8, 4) is 0 Å². The number of furan rings is 1. The lowest BCUT2D eigenvalue weighted by Gasteiger charge is -2.25. The Balaban J connectivity index is 1.61. The fraction of sp³-hybridized carbons (Fsp3) is 0.200. The van der Waals surface area contributed by atoms with Crippen LogP contribution in [-0.4, -0.2) is 15.0 Å². The normalized spacial score (nSPS) is 10.9. The maximum atomic E-state index is 12.7. The minimum atomic E-state index is -0.115. The summed E-state index contributed by atoms with van der Waals surface area (Å²) in [5, 5.41) is 4.83. The van der Waals surface area contributed by atoms with Gasteiger partial charge in [-0.15, -0.1) is 0 Å². The summed E-state index contributed by atoms with van der Waals surface area (Å²) in [6.45, 7) is 4.98. The van der Waals surface area contributed by atoms with E-state index in [0.717, 1.165) is 34.3 Å². The van der Waals surface area contributed by atoms with E-state index in [1.165, 1.54) is 5.56 Å². The number of thiocarbonyl (C=S) groups is 1. The Hall–Kier alpha value is -3.38. The van der Waals surface area contributed by atoms with Crippen LogP contribution in [-0.2, 0) is 19.5 Å². The minimum absolute atomic E-state index is 0.115. The lowest BCUT2D eigenvalue weighted by molar-refractivity contribution is 0.359. The molecule has 0 bridgehead atoms. The highest BCUT2D eigenvalue weighted by molar-refractivity contribution is 7.80. The first kappa shape index (κ1) is 20.9. The number of aromatic nitrogens is 1. The lowest BCUT2D eigenvalue weighted by atomic mass is 10.1. The quantitative estimate of drug-likeness (QED) is 0.401. The standard InChI is InChI=1S/C25H25N3O2S/c1-3-18-7-9-21(10-8-18)26-25(31)28(16-22-5-4-12-30-22)15-20-14-19-13-17(2)6-11-23(19)27-24(20)29/h4-14H,3,15-16H2,1-2H3,(H,26,31)(H,27,29). The van der Waals surface area contributed by atoms with Gasteiger partial charge in [0.2, 0.25) is 0 Å². The van der Waals surface area contributed by atoms with E-state index in [-0.39, 0.29) is 5.56 Å².